The van der Waals surface area contributed by atoms with E-state index in [4.69, 9.17) is 4.74 Å². The lowest BCUT2D eigenvalue weighted by Gasteiger charge is -2.16. The van der Waals surface area contributed by atoms with E-state index < -0.39 is 42.3 Å². The lowest BCUT2D eigenvalue weighted by molar-refractivity contribution is -0.396. The van der Waals surface area contributed by atoms with Crippen molar-refractivity contribution in [3.63, 3.8) is 0 Å². The maximum absolute atomic E-state index is 12.3. The molecule has 0 radical (unpaired) electrons. The van der Waals surface area contributed by atoms with Crippen LogP contribution in [0.2, 0.25) is 0 Å². The largest absolute Gasteiger partial charge is 0.443 e. The van der Waals surface area contributed by atoms with E-state index >= 15 is 0 Å². The highest BCUT2D eigenvalue weighted by molar-refractivity contribution is 7.86. The zero-order valence-corrected chi connectivity index (χ0v) is 15.1. The third-order valence-electron chi connectivity index (χ3n) is 3.29. The molecule has 1 amide bonds. The van der Waals surface area contributed by atoms with Crippen molar-refractivity contribution in [1.29, 1.82) is 0 Å². The third kappa shape index (κ3) is 4.99. The molecular weight excluding hydrogens is 398 g/mol. The van der Waals surface area contributed by atoms with Gasteiger partial charge in [0.25, 0.3) is 11.4 Å². The Kier molecular flexibility index (Phi) is 6.22. The van der Waals surface area contributed by atoms with E-state index in [1.807, 2.05) is 0 Å². The summed E-state index contributed by atoms with van der Waals surface area (Å²) in [5.74, 6) is 0. The maximum Gasteiger partial charge on any atom is 0.435 e. The van der Waals surface area contributed by atoms with Gasteiger partial charge >= 0.3 is 16.2 Å². The molecule has 148 valence electrons. The van der Waals surface area contributed by atoms with Crippen LogP contribution >= 0.6 is 0 Å². The van der Waals surface area contributed by atoms with E-state index in [0.29, 0.717) is 17.7 Å². The number of hydroxylamine groups is 2. The number of hydrogen-bond acceptors (Lipinski definition) is 9. The van der Waals surface area contributed by atoms with Crippen LogP contribution < -0.4 is 0 Å². The summed E-state index contributed by atoms with van der Waals surface area (Å²) < 4.78 is 34.0. The van der Waals surface area contributed by atoms with Crippen molar-refractivity contribution >= 4 is 27.6 Å². The van der Waals surface area contributed by atoms with E-state index in [1.54, 1.807) is 30.3 Å². The zero-order valence-electron chi connectivity index (χ0n) is 14.3. The minimum atomic E-state index is -4.84. The first-order valence-corrected chi connectivity index (χ1v) is 8.84. The number of ether oxygens (including phenoxy) is 1. The highest BCUT2D eigenvalue weighted by Gasteiger charge is 2.32. The lowest BCUT2D eigenvalue weighted by Crippen LogP contribution is -2.30. The van der Waals surface area contributed by atoms with Gasteiger partial charge in [-0.2, -0.15) is 13.5 Å². The summed E-state index contributed by atoms with van der Waals surface area (Å²) in [4.78, 5) is 30.7. The number of amides is 1. The molecule has 0 aliphatic rings. The molecule has 0 aliphatic carbocycles. The Hall–Kier alpha value is -3.58. The van der Waals surface area contributed by atoms with Gasteiger partial charge < -0.3 is 4.74 Å². The number of nitro benzene ring substituents is 2. The van der Waals surface area contributed by atoms with Crippen LogP contribution in [-0.2, 0) is 25.7 Å². The van der Waals surface area contributed by atoms with Gasteiger partial charge in [0.2, 0.25) is 0 Å². The molecule has 0 saturated carbocycles. The molecule has 2 rings (SSSR count). The van der Waals surface area contributed by atoms with E-state index in [9.17, 15) is 33.4 Å². The molecule has 0 spiro atoms. The summed E-state index contributed by atoms with van der Waals surface area (Å²) in [7, 11) is -3.91. The fourth-order valence-corrected chi connectivity index (χ4v) is 3.06. The first-order valence-electron chi connectivity index (χ1n) is 7.43. The average Bonchev–Trinajstić information content (AvgIpc) is 2.65. The zero-order chi connectivity index (χ0) is 20.9. The summed E-state index contributed by atoms with van der Waals surface area (Å²) in [6.45, 7) is -0.162. The van der Waals surface area contributed by atoms with Crippen LogP contribution in [0.3, 0.4) is 0 Å². The number of non-ortho nitro benzene ring substituents is 1. The number of benzene rings is 2. The van der Waals surface area contributed by atoms with E-state index in [1.165, 1.54) is 0 Å². The van der Waals surface area contributed by atoms with E-state index in [0.717, 1.165) is 13.1 Å². The van der Waals surface area contributed by atoms with Gasteiger partial charge in [0.15, 0.2) is 4.90 Å². The lowest BCUT2D eigenvalue weighted by atomic mass is 10.2. The molecule has 0 atom stereocenters. The SMILES string of the molecule is CN(OS(=O)(=O)c1ccc([N+](=O)[O-])cc1[N+](=O)[O-])C(=O)OCc1ccccc1. The molecule has 0 N–H and O–H groups in total. The summed E-state index contributed by atoms with van der Waals surface area (Å²) in [6.07, 6.45) is -1.17. The summed E-state index contributed by atoms with van der Waals surface area (Å²) >= 11 is 0. The number of carbonyl (C=O) groups is 1. The Bertz CT molecular complexity index is 1010. The van der Waals surface area contributed by atoms with Crippen LogP contribution in [0.4, 0.5) is 16.2 Å². The van der Waals surface area contributed by atoms with Crippen molar-refractivity contribution < 1.29 is 32.1 Å². The molecule has 0 unspecified atom stereocenters. The molecule has 0 aromatic heterocycles. The van der Waals surface area contributed by atoms with E-state index in [2.05, 4.69) is 4.28 Å². The predicted octanol–water partition coefficient (Wildman–Crippen LogP) is 2.39. The molecule has 2 aromatic carbocycles. The van der Waals surface area contributed by atoms with Crippen molar-refractivity contribution in [3.8, 4) is 0 Å². The smallest absolute Gasteiger partial charge is 0.435 e. The monoisotopic (exact) mass is 411 g/mol. The Morgan fingerprint density at radius 3 is 2.29 bits per heavy atom. The second kappa shape index (κ2) is 8.41. The molecular formula is C15H13N3O9S. The molecule has 0 heterocycles. The van der Waals surface area contributed by atoms with Gasteiger partial charge in [-0.05, 0) is 11.6 Å². The van der Waals surface area contributed by atoms with Gasteiger partial charge in [-0.15, -0.1) is 4.28 Å². The fraction of sp³-hybridized carbons (Fsp3) is 0.133. The molecule has 0 fully saturated rings. The highest BCUT2D eigenvalue weighted by Crippen LogP contribution is 2.29. The van der Waals surface area contributed by atoms with Crippen LogP contribution in [0.1, 0.15) is 5.56 Å². The number of carbonyl (C=O) groups excluding carboxylic acids is 1. The minimum Gasteiger partial charge on any atom is -0.443 e. The van der Waals surface area contributed by atoms with Crippen molar-refractivity contribution in [2.75, 3.05) is 7.05 Å². The molecule has 0 bridgehead atoms. The molecule has 2 aromatic rings. The summed E-state index contributed by atoms with van der Waals surface area (Å²) in [5, 5.41) is 22.0. The molecule has 28 heavy (non-hydrogen) atoms. The molecule has 0 saturated heterocycles. The predicted molar refractivity (Wildman–Crippen MR) is 92.4 cm³/mol. The topological polar surface area (TPSA) is 159 Å². The molecule has 12 nitrogen and oxygen atoms in total. The van der Waals surface area contributed by atoms with Gasteiger partial charge in [0, 0.05) is 13.1 Å². The Balaban J connectivity index is 2.17. The van der Waals surface area contributed by atoms with Crippen molar-refractivity contribution in [2.24, 2.45) is 0 Å². The Labute approximate surface area is 158 Å². The number of nitrogens with zero attached hydrogens (tertiary/aromatic N) is 3. The number of nitro groups is 2. The summed E-state index contributed by atoms with van der Waals surface area (Å²) in [5.41, 5.74) is -1.11. The average molecular weight is 411 g/mol. The van der Waals surface area contributed by atoms with Crippen molar-refractivity contribution in [2.45, 2.75) is 11.5 Å². The van der Waals surface area contributed by atoms with Gasteiger partial charge in [-0.3, -0.25) is 20.2 Å². The second-order valence-corrected chi connectivity index (χ2v) is 6.73. The van der Waals surface area contributed by atoms with Crippen LogP contribution in [-0.4, -0.2) is 36.5 Å². The first-order chi connectivity index (χ1) is 13.1. The van der Waals surface area contributed by atoms with Gasteiger partial charge in [0.05, 0.1) is 15.9 Å². The molecule has 0 aliphatic heterocycles. The quantitative estimate of drug-likeness (QED) is 0.492. The van der Waals surface area contributed by atoms with Gasteiger partial charge in [0.1, 0.15) is 6.61 Å². The first kappa shape index (κ1) is 20.7. The molecule has 13 heteroatoms. The standard InChI is InChI=1S/C15H13N3O9S/c1-16(15(19)26-10-11-5-3-2-4-6-11)27-28(24,25)14-8-7-12(17(20)21)9-13(14)18(22)23/h2-9H,10H2,1H3. The van der Waals surface area contributed by atoms with Gasteiger partial charge in [-0.25, -0.2) is 4.79 Å². The van der Waals surface area contributed by atoms with Crippen molar-refractivity contribution in [3.05, 3.63) is 74.3 Å². The van der Waals surface area contributed by atoms with E-state index in [-0.39, 0.29) is 11.7 Å². The van der Waals surface area contributed by atoms with Crippen LogP contribution in [0.15, 0.2) is 53.4 Å². The second-order valence-electron chi connectivity index (χ2n) is 5.23. The Morgan fingerprint density at radius 2 is 1.71 bits per heavy atom. The maximum atomic E-state index is 12.3. The third-order valence-corrected chi connectivity index (χ3v) is 4.60. The van der Waals surface area contributed by atoms with Crippen LogP contribution in [0.5, 0.6) is 0 Å². The number of hydrogen-bond donors (Lipinski definition) is 0. The number of rotatable bonds is 7. The Morgan fingerprint density at radius 1 is 1.07 bits per heavy atom. The minimum absolute atomic E-state index is 0.162. The fourth-order valence-electron chi connectivity index (χ4n) is 2.00. The van der Waals surface area contributed by atoms with Crippen LogP contribution in [0.25, 0.3) is 0 Å². The highest BCUT2D eigenvalue weighted by atomic mass is 32.2. The normalized spacial score (nSPS) is 10.9. The van der Waals surface area contributed by atoms with Crippen molar-refractivity contribution in [1.82, 2.24) is 5.06 Å². The van der Waals surface area contributed by atoms with Crippen LogP contribution in [0, 0.1) is 20.2 Å². The summed E-state index contributed by atoms with van der Waals surface area (Å²) in [6, 6.07) is 10.4. The van der Waals surface area contributed by atoms with Gasteiger partial charge in [-0.1, -0.05) is 30.3 Å².